The first-order chi connectivity index (χ1) is 34.9. The monoisotopic (exact) mass is 946 g/mol. The Labute approximate surface area is 432 Å². The minimum atomic E-state index is -0.310. The number of nitrogens with zero attached hydrogens (tertiary/aromatic N) is 3. The standard InChI is InChI=1S/C69H64BN3/c1-66(2,3)44-31-34-59(51(37-44)43-23-15-12-16-24-43)72-61-36-33-49(71(47-25-17-13-18-26-47)48-27-19-14-20-28-48)41-58(61)70-63-54(42-53-50-29-21-22-30-57(50)69(10,11)62(53)65(63)72)56-40-46(68(7,8)9)39-55-52-38-45(67(4,5)6)32-35-60(52)73(70)64(55)56/h12-42H,1-11H3. The zero-order valence-corrected chi connectivity index (χ0v) is 44.3. The number of hydrogen-bond donors (Lipinski definition) is 0. The summed E-state index contributed by atoms with van der Waals surface area (Å²) in [6, 6.07) is 71.8. The summed E-state index contributed by atoms with van der Waals surface area (Å²) in [6.45, 7) is 25.9. The Morgan fingerprint density at radius 1 is 0.438 bits per heavy atom. The normalized spacial score (nSPS) is 14.3. The number of aromatic nitrogens is 1. The van der Waals surface area contributed by atoms with E-state index in [1.807, 2.05) is 0 Å². The molecule has 9 aromatic carbocycles. The highest BCUT2D eigenvalue weighted by molar-refractivity contribution is 6.90. The molecule has 1 aromatic heterocycles. The Morgan fingerprint density at radius 2 is 1.00 bits per heavy atom. The van der Waals surface area contributed by atoms with Crippen LogP contribution in [0.1, 0.15) is 104 Å². The molecule has 3 nitrogen and oxygen atoms in total. The van der Waals surface area contributed by atoms with Crippen molar-refractivity contribution in [1.82, 2.24) is 4.48 Å². The van der Waals surface area contributed by atoms with Crippen LogP contribution in [0.15, 0.2) is 188 Å². The fourth-order valence-corrected chi connectivity index (χ4v) is 12.8. The van der Waals surface area contributed by atoms with E-state index >= 15 is 0 Å². The van der Waals surface area contributed by atoms with Crippen molar-refractivity contribution in [3.63, 3.8) is 0 Å². The van der Waals surface area contributed by atoms with Gasteiger partial charge >= 0.3 is 6.85 Å². The summed E-state index contributed by atoms with van der Waals surface area (Å²) in [6.07, 6.45) is 0. The molecule has 3 heterocycles. The van der Waals surface area contributed by atoms with Gasteiger partial charge in [0.1, 0.15) is 0 Å². The minimum Gasteiger partial charge on any atom is -0.375 e. The number of hydrogen-bond acceptors (Lipinski definition) is 2. The maximum atomic E-state index is 2.77. The van der Waals surface area contributed by atoms with Crippen molar-refractivity contribution in [1.29, 1.82) is 0 Å². The van der Waals surface area contributed by atoms with E-state index in [1.165, 1.54) is 111 Å². The lowest BCUT2D eigenvalue weighted by Crippen LogP contribution is -2.57. The number of rotatable bonds is 5. The SMILES string of the molecule is CC(C)(C)c1ccc(N2c3ccc(N(c4ccccc4)c4ccccc4)cc3B3c4c(cc5c(c42)C(C)(C)c2ccccc2-5)-c2cc(C(C)(C)C)cc4c5cc(C(C)(C)C)ccc5n3c24)c(-c2ccccc2)c1. The smallest absolute Gasteiger partial charge is 0.333 e. The van der Waals surface area contributed by atoms with Crippen LogP contribution in [-0.2, 0) is 21.7 Å². The molecule has 0 spiro atoms. The molecule has 0 unspecified atom stereocenters. The lowest BCUT2D eigenvalue weighted by molar-refractivity contribution is 0.590. The average Bonchev–Trinajstić information content (AvgIpc) is 3.85. The number of para-hydroxylation sites is 2. The Balaban J connectivity index is 1.24. The topological polar surface area (TPSA) is 11.4 Å². The zero-order chi connectivity index (χ0) is 50.5. The van der Waals surface area contributed by atoms with Crippen LogP contribution in [0.25, 0.3) is 55.2 Å². The average molecular weight is 946 g/mol. The van der Waals surface area contributed by atoms with Crippen LogP contribution >= 0.6 is 0 Å². The Hall–Kier alpha value is -7.56. The van der Waals surface area contributed by atoms with Crippen molar-refractivity contribution in [3.8, 4) is 33.4 Å². The Kier molecular flexibility index (Phi) is 9.76. The summed E-state index contributed by atoms with van der Waals surface area (Å²) in [5.74, 6) is 0. The van der Waals surface area contributed by atoms with E-state index in [9.17, 15) is 0 Å². The van der Waals surface area contributed by atoms with Crippen molar-refractivity contribution in [2.75, 3.05) is 9.80 Å². The lowest BCUT2D eigenvalue weighted by Gasteiger charge is -2.44. The maximum Gasteiger partial charge on any atom is 0.333 e. The van der Waals surface area contributed by atoms with Gasteiger partial charge in [0.05, 0.1) is 5.69 Å². The van der Waals surface area contributed by atoms with Crippen molar-refractivity contribution in [2.45, 2.75) is 97.8 Å². The van der Waals surface area contributed by atoms with Gasteiger partial charge in [-0.25, -0.2) is 0 Å². The molecule has 0 radical (unpaired) electrons. The lowest BCUT2D eigenvalue weighted by atomic mass is 9.44. The zero-order valence-electron chi connectivity index (χ0n) is 44.3. The Morgan fingerprint density at radius 3 is 1.66 bits per heavy atom. The molecule has 0 atom stereocenters. The molecule has 3 aliphatic rings. The molecule has 4 heteroatoms. The van der Waals surface area contributed by atoms with Crippen LogP contribution in [0.3, 0.4) is 0 Å². The second kappa shape index (κ2) is 15.7. The Bertz CT molecular complexity index is 3840. The van der Waals surface area contributed by atoms with Gasteiger partial charge in [-0.1, -0.05) is 179 Å². The number of benzene rings is 9. The highest BCUT2D eigenvalue weighted by Gasteiger charge is 2.49. The largest absolute Gasteiger partial charge is 0.375 e. The van der Waals surface area contributed by atoms with Gasteiger partial charge in [0, 0.05) is 66.8 Å². The summed E-state index contributed by atoms with van der Waals surface area (Å²) >= 11 is 0. The first-order valence-electron chi connectivity index (χ1n) is 26.4. The molecule has 0 amide bonds. The highest BCUT2D eigenvalue weighted by Crippen LogP contribution is 2.58. The van der Waals surface area contributed by atoms with E-state index < -0.39 is 0 Å². The van der Waals surface area contributed by atoms with Gasteiger partial charge < -0.3 is 14.3 Å². The van der Waals surface area contributed by atoms with E-state index in [2.05, 4.69) is 278 Å². The molecule has 1 aliphatic carbocycles. The maximum absolute atomic E-state index is 2.77. The van der Waals surface area contributed by atoms with Gasteiger partial charge in [0.15, 0.2) is 0 Å². The summed E-state index contributed by atoms with van der Waals surface area (Å²) in [7, 11) is 0. The van der Waals surface area contributed by atoms with Gasteiger partial charge in [-0.2, -0.15) is 0 Å². The molecule has 358 valence electrons. The van der Waals surface area contributed by atoms with Crippen molar-refractivity contribution in [2.24, 2.45) is 0 Å². The van der Waals surface area contributed by atoms with Gasteiger partial charge in [-0.15, -0.1) is 0 Å². The van der Waals surface area contributed by atoms with Gasteiger partial charge in [0.25, 0.3) is 0 Å². The number of fused-ring (bicyclic) bond motifs is 11. The van der Waals surface area contributed by atoms with Crippen LogP contribution in [0.5, 0.6) is 0 Å². The van der Waals surface area contributed by atoms with Gasteiger partial charge in [-0.05, 0) is 162 Å². The fraction of sp³-hybridized carbons (Fsp3) is 0.217. The van der Waals surface area contributed by atoms with E-state index in [0.29, 0.717) is 0 Å². The van der Waals surface area contributed by atoms with Gasteiger partial charge in [-0.3, -0.25) is 0 Å². The molecule has 0 saturated heterocycles. The highest BCUT2D eigenvalue weighted by atomic mass is 15.2. The molecule has 0 saturated carbocycles. The predicted molar refractivity (Wildman–Crippen MR) is 314 cm³/mol. The van der Waals surface area contributed by atoms with Crippen LogP contribution in [0.2, 0.25) is 0 Å². The molecule has 13 rings (SSSR count). The molecule has 73 heavy (non-hydrogen) atoms. The van der Waals surface area contributed by atoms with Crippen LogP contribution in [0.4, 0.5) is 34.1 Å². The van der Waals surface area contributed by atoms with Crippen molar-refractivity contribution in [3.05, 3.63) is 216 Å². The fourth-order valence-electron chi connectivity index (χ4n) is 12.8. The molecule has 0 N–H and O–H groups in total. The third-order valence-corrected chi connectivity index (χ3v) is 16.6. The number of anilines is 6. The van der Waals surface area contributed by atoms with Crippen LogP contribution in [0, 0.1) is 0 Å². The molecule has 10 aromatic rings. The summed E-state index contributed by atoms with van der Waals surface area (Å²) < 4.78 is 2.77. The third kappa shape index (κ3) is 6.79. The predicted octanol–water partition coefficient (Wildman–Crippen LogP) is 17.5. The van der Waals surface area contributed by atoms with E-state index in [-0.39, 0.29) is 28.5 Å². The molecular formula is C69H64BN3. The van der Waals surface area contributed by atoms with Crippen LogP contribution in [-0.4, -0.2) is 11.3 Å². The van der Waals surface area contributed by atoms with E-state index in [0.717, 1.165) is 17.1 Å². The van der Waals surface area contributed by atoms with Gasteiger partial charge in [0.2, 0.25) is 0 Å². The van der Waals surface area contributed by atoms with Crippen LogP contribution < -0.4 is 20.7 Å². The van der Waals surface area contributed by atoms with E-state index in [1.54, 1.807) is 0 Å². The summed E-state index contributed by atoms with van der Waals surface area (Å²) in [4.78, 5) is 5.15. The first-order valence-corrected chi connectivity index (χ1v) is 26.4. The van der Waals surface area contributed by atoms with Crippen molar-refractivity contribution < 1.29 is 0 Å². The van der Waals surface area contributed by atoms with Crippen molar-refractivity contribution >= 4 is 73.7 Å². The summed E-state index contributed by atoms with van der Waals surface area (Å²) in [5.41, 5.74) is 26.3. The molecule has 2 aliphatic heterocycles. The quantitative estimate of drug-likeness (QED) is 0.159. The minimum absolute atomic E-state index is 0.0205. The van der Waals surface area contributed by atoms with E-state index in [4.69, 9.17) is 0 Å². The first kappa shape index (κ1) is 45.3. The molecular weight excluding hydrogens is 882 g/mol. The molecule has 0 fully saturated rings. The second-order valence-electron chi connectivity index (χ2n) is 24.6. The molecule has 0 bridgehead atoms. The second-order valence-corrected chi connectivity index (χ2v) is 24.6. The third-order valence-electron chi connectivity index (χ3n) is 16.6. The summed E-state index contributed by atoms with van der Waals surface area (Å²) in [5, 5.41) is 2.65.